The Labute approximate surface area is 128 Å². The number of carbonyl (C=O) groups excluding carboxylic acids is 1. The third-order valence-electron chi connectivity index (χ3n) is 3.55. The molecule has 21 heavy (non-hydrogen) atoms. The number of aromatic nitrogens is 2. The number of aliphatic hydroxyl groups is 1. The van der Waals surface area contributed by atoms with Crippen LogP contribution < -0.4 is 10.9 Å². The molecule has 116 valence electrons. The third-order valence-corrected chi connectivity index (χ3v) is 4.69. The number of thioether (sulfide) groups is 1. The fourth-order valence-corrected chi connectivity index (χ4v) is 3.48. The number of hydrogen-bond acceptors (Lipinski definition) is 5. The van der Waals surface area contributed by atoms with Crippen LogP contribution in [-0.2, 0) is 17.8 Å². The van der Waals surface area contributed by atoms with E-state index in [1.807, 2.05) is 13.8 Å². The third kappa shape index (κ3) is 3.47. The standard InChI is InChI=1S/C14H21N3O3S/c1-4-11-9(3)16-14-17(13(11)20)6-10(7-21-14)12(19)15-5-8(2)18/h8,10,18H,4-7H2,1-3H3,(H,15,19). The van der Waals surface area contributed by atoms with Gasteiger partial charge in [-0.05, 0) is 20.3 Å². The van der Waals surface area contributed by atoms with E-state index in [-0.39, 0.29) is 23.9 Å². The van der Waals surface area contributed by atoms with Gasteiger partial charge in [0.1, 0.15) is 0 Å². The van der Waals surface area contributed by atoms with Crippen molar-refractivity contribution in [3.63, 3.8) is 0 Å². The van der Waals surface area contributed by atoms with Crippen LogP contribution in [0.1, 0.15) is 25.1 Å². The molecular formula is C14H21N3O3S. The van der Waals surface area contributed by atoms with E-state index in [2.05, 4.69) is 10.3 Å². The Morgan fingerprint density at radius 2 is 2.33 bits per heavy atom. The highest BCUT2D eigenvalue weighted by atomic mass is 32.2. The lowest BCUT2D eigenvalue weighted by molar-refractivity contribution is -0.125. The van der Waals surface area contributed by atoms with Crippen molar-refractivity contribution in [3.05, 3.63) is 21.6 Å². The molecule has 2 N–H and O–H groups in total. The number of hydrogen-bond donors (Lipinski definition) is 2. The van der Waals surface area contributed by atoms with Gasteiger partial charge < -0.3 is 10.4 Å². The number of amides is 1. The summed E-state index contributed by atoms with van der Waals surface area (Å²) in [4.78, 5) is 29.0. The van der Waals surface area contributed by atoms with Crippen molar-refractivity contribution >= 4 is 17.7 Å². The summed E-state index contributed by atoms with van der Waals surface area (Å²) in [5.74, 6) is 0.205. The molecule has 6 nitrogen and oxygen atoms in total. The van der Waals surface area contributed by atoms with Crippen LogP contribution in [0.2, 0.25) is 0 Å². The lowest BCUT2D eigenvalue weighted by Gasteiger charge is -2.25. The van der Waals surface area contributed by atoms with Gasteiger partial charge in [-0.25, -0.2) is 4.98 Å². The molecule has 1 amide bonds. The minimum absolute atomic E-state index is 0.0412. The number of aryl methyl sites for hydroxylation is 1. The van der Waals surface area contributed by atoms with Crippen LogP contribution in [0.5, 0.6) is 0 Å². The first-order chi connectivity index (χ1) is 9.93. The molecule has 0 saturated heterocycles. The SMILES string of the molecule is CCc1c(C)nc2n(c1=O)CC(C(=O)NCC(C)O)CS2. The Balaban J connectivity index is 2.20. The normalized spacial score (nSPS) is 19.0. The fourth-order valence-electron chi connectivity index (χ4n) is 2.35. The average Bonchev–Trinajstić information content (AvgIpc) is 2.45. The van der Waals surface area contributed by atoms with Crippen LogP contribution in [0.25, 0.3) is 0 Å². The Morgan fingerprint density at radius 3 is 2.95 bits per heavy atom. The van der Waals surface area contributed by atoms with Gasteiger partial charge in [-0.2, -0.15) is 0 Å². The van der Waals surface area contributed by atoms with Gasteiger partial charge in [0.05, 0.1) is 12.0 Å². The molecule has 0 saturated carbocycles. The smallest absolute Gasteiger partial charge is 0.257 e. The van der Waals surface area contributed by atoms with Crippen LogP contribution in [0.4, 0.5) is 0 Å². The molecule has 2 atom stereocenters. The van der Waals surface area contributed by atoms with Crippen molar-refractivity contribution in [2.45, 2.75) is 45.0 Å². The van der Waals surface area contributed by atoms with E-state index in [0.717, 1.165) is 5.69 Å². The minimum atomic E-state index is -0.573. The maximum absolute atomic E-state index is 12.4. The molecule has 0 radical (unpaired) electrons. The van der Waals surface area contributed by atoms with Crippen molar-refractivity contribution in [1.82, 2.24) is 14.9 Å². The molecule has 0 bridgehead atoms. The first kappa shape index (κ1) is 16.0. The largest absolute Gasteiger partial charge is 0.392 e. The molecule has 0 aliphatic carbocycles. The zero-order valence-corrected chi connectivity index (χ0v) is 13.4. The predicted molar refractivity (Wildman–Crippen MR) is 81.5 cm³/mol. The monoisotopic (exact) mass is 311 g/mol. The molecule has 1 aromatic heterocycles. The summed E-state index contributed by atoms with van der Waals surface area (Å²) in [6, 6.07) is 0. The van der Waals surface area contributed by atoms with Crippen molar-refractivity contribution in [2.24, 2.45) is 5.92 Å². The van der Waals surface area contributed by atoms with E-state index in [4.69, 9.17) is 0 Å². The van der Waals surface area contributed by atoms with Crippen LogP contribution in [-0.4, -0.2) is 39.0 Å². The molecule has 0 spiro atoms. The molecule has 1 aliphatic heterocycles. The Hall–Kier alpha value is -1.34. The van der Waals surface area contributed by atoms with Gasteiger partial charge in [0.25, 0.3) is 5.56 Å². The Bertz CT molecular complexity index is 598. The number of aliphatic hydroxyl groups excluding tert-OH is 1. The molecule has 1 aliphatic rings. The lowest BCUT2D eigenvalue weighted by Crippen LogP contribution is -2.42. The first-order valence-corrected chi connectivity index (χ1v) is 8.11. The van der Waals surface area contributed by atoms with E-state index in [1.165, 1.54) is 11.8 Å². The summed E-state index contributed by atoms with van der Waals surface area (Å²) in [6.45, 7) is 5.99. The zero-order valence-electron chi connectivity index (χ0n) is 12.5. The number of nitrogens with one attached hydrogen (secondary N) is 1. The number of fused-ring (bicyclic) bond motifs is 1. The fraction of sp³-hybridized carbons (Fsp3) is 0.643. The number of carbonyl (C=O) groups is 1. The van der Waals surface area contributed by atoms with Gasteiger partial charge in [-0.15, -0.1) is 0 Å². The van der Waals surface area contributed by atoms with E-state index in [0.29, 0.717) is 29.4 Å². The van der Waals surface area contributed by atoms with Gasteiger partial charge in [0, 0.05) is 30.1 Å². The average molecular weight is 311 g/mol. The minimum Gasteiger partial charge on any atom is -0.392 e. The summed E-state index contributed by atoms with van der Waals surface area (Å²) in [5.41, 5.74) is 1.45. The van der Waals surface area contributed by atoms with Crippen LogP contribution >= 0.6 is 11.8 Å². The molecule has 0 fully saturated rings. The first-order valence-electron chi connectivity index (χ1n) is 7.12. The predicted octanol–water partition coefficient (Wildman–Crippen LogP) is 0.333. The highest BCUT2D eigenvalue weighted by Crippen LogP contribution is 2.25. The highest BCUT2D eigenvalue weighted by Gasteiger charge is 2.27. The summed E-state index contributed by atoms with van der Waals surface area (Å²) in [6.07, 6.45) is 0.0674. The zero-order chi connectivity index (χ0) is 15.6. The van der Waals surface area contributed by atoms with Crippen molar-refractivity contribution < 1.29 is 9.90 Å². The number of rotatable bonds is 4. The van der Waals surface area contributed by atoms with Gasteiger partial charge in [-0.1, -0.05) is 18.7 Å². The summed E-state index contributed by atoms with van der Waals surface area (Å²) in [7, 11) is 0. The molecular weight excluding hydrogens is 290 g/mol. The second-order valence-electron chi connectivity index (χ2n) is 5.33. The van der Waals surface area contributed by atoms with Crippen LogP contribution in [0.3, 0.4) is 0 Å². The maximum atomic E-state index is 12.4. The topological polar surface area (TPSA) is 84.2 Å². The van der Waals surface area contributed by atoms with E-state index in [1.54, 1.807) is 11.5 Å². The second kappa shape index (κ2) is 6.62. The second-order valence-corrected chi connectivity index (χ2v) is 6.32. The number of nitrogens with zero attached hydrogens (tertiary/aromatic N) is 2. The summed E-state index contributed by atoms with van der Waals surface area (Å²) in [5, 5.41) is 12.6. The van der Waals surface area contributed by atoms with Gasteiger partial charge in [-0.3, -0.25) is 14.2 Å². The maximum Gasteiger partial charge on any atom is 0.257 e. The molecule has 2 unspecified atom stereocenters. The quantitative estimate of drug-likeness (QED) is 0.783. The summed E-state index contributed by atoms with van der Waals surface area (Å²) >= 11 is 1.44. The molecule has 1 aromatic rings. The molecule has 2 heterocycles. The van der Waals surface area contributed by atoms with E-state index < -0.39 is 6.10 Å². The molecule has 7 heteroatoms. The lowest BCUT2D eigenvalue weighted by atomic mass is 10.1. The molecule has 2 rings (SSSR count). The van der Waals surface area contributed by atoms with Crippen LogP contribution in [0.15, 0.2) is 9.95 Å². The highest BCUT2D eigenvalue weighted by molar-refractivity contribution is 7.99. The Kier molecular flexibility index (Phi) is 5.05. The van der Waals surface area contributed by atoms with E-state index in [9.17, 15) is 14.7 Å². The molecule has 0 aromatic carbocycles. The summed E-state index contributed by atoms with van der Waals surface area (Å²) < 4.78 is 1.60. The Morgan fingerprint density at radius 1 is 1.62 bits per heavy atom. The van der Waals surface area contributed by atoms with Gasteiger partial charge in [0.15, 0.2) is 5.16 Å². The van der Waals surface area contributed by atoms with E-state index >= 15 is 0 Å². The van der Waals surface area contributed by atoms with Gasteiger partial charge >= 0.3 is 0 Å². The van der Waals surface area contributed by atoms with Crippen molar-refractivity contribution in [2.75, 3.05) is 12.3 Å². The van der Waals surface area contributed by atoms with Crippen molar-refractivity contribution in [1.29, 1.82) is 0 Å². The van der Waals surface area contributed by atoms with Crippen molar-refractivity contribution in [3.8, 4) is 0 Å². The van der Waals surface area contributed by atoms with Crippen LogP contribution in [0, 0.1) is 12.8 Å². The van der Waals surface area contributed by atoms with Gasteiger partial charge in [0.2, 0.25) is 5.91 Å².